The van der Waals surface area contributed by atoms with Crippen molar-refractivity contribution < 1.29 is 14.4 Å². The number of hydrogen-bond donors (Lipinski definition) is 5. The summed E-state index contributed by atoms with van der Waals surface area (Å²) >= 11 is 0. The van der Waals surface area contributed by atoms with Gasteiger partial charge in [0, 0.05) is 29.2 Å². The summed E-state index contributed by atoms with van der Waals surface area (Å²) in [6.07, 6.45) is 3.68. The van der Waals surface area contributed by atoms with Crippen LogP contribution in [0.4, 0.5) is 5.69 Å². The largest absolute Gasteiger partial charge is 0.366 e. The second-order valence-corrected chi connectivity index (χ2v) is 11.1. The average Bonchev–Trinajstić information content (AvgIpc) is 3.57. The number of nitrogens with two attached hydrogens (primary N) is 2. The third kappa shape index (κ3) is 7.86. The summed E-state index contributed by atoms with van der Waals surface area (Å²) in [5.74, 6) is -0.113. The minimum absolute atomic E-state index is 0. The molecule has 4 aromatic rings. The number of anilines is 1. The predicted molar refractivity (Wildman–Crippen MR) is 171 cm³/mol. The number of carbonyl (C=O) groups excluding carboxylic acids is 3. The lowest BCUT2D eigenvalue weighted by Gasteiger charge is -2.28. The van der Waals surface area contributed by atoms with E-state index in [4.69, 9.17) is 11.5 Å². The number of nitrogens with zero attached hydrogens (tertiary/aromatic N) is 3. The van der Waals surface area contributed by atoms with Crippen molar-refractivity contribution in [2.24, 2.45) is 23.3 Å². The van der Waals surface area contributed by atoms with Crippen LogP contribution in [-0.2, 0) is 16.0 Å². The van der Waals surface area contributed by atoms with E-state index in [1.807, 2.05) is 37.3 Å². The predicted octanol–water partition coefficient (Wildman–Crippen LogP) is 3.79. The molecule has 1 aliphatic rings. The highest BCUT2D eigenvalue weighted by molar-refractivity contribution is 5.98. The van der Waals surface area contributed by atoms with Crippen LogP contribution in [0.15, 0.2) is 66.7 Å². The van der Waals surface area contributed by atoms with E-state index >= 15 is 0 Å². The van der Waals surface area contributed by atoms with E-state index in [0.29, 0.717) is 36.0 Å². The molecule has 0 saturated heterocycles. The average molecular weight is 617 g/mol. The van der Waals surface area contributed by atoms with Crippen LogP contribution < -0.4 is 22.1 Å². The number of aromatic nitrogens is 4. The molecule has 12 heteroatoms. The fourth-order valence-electron chi connectivity index (χ4n) is 5.57. The summed E-state index contributed by atoms with van der Waals surface area (Å²) in [5.41, 5.74) is 16.8. The molecule has 1 aliphatic carbocycles. The van der Waals surface area contributed by atoms with Crippen molar-refractivity contribution in [3.8, 4) is 22.5 Å². The zero-order valence-corrected chi connectivity index (χ0v) is 25.3. The van der Waals surface area contributed by atoms with Crippen LogP contribution >= 0.6 is 12.4 Å². The molecule has 230 valence electrons. The first-order chi connectivity index (χ1) is 20.8. The molecular formula is C32H37ClN8O3. The van der Waals surface area contributed by atoms with Gasteiger partial charge in [-0.2, -0.15) is 5.21 Å². The van der Waals surface area contributed by atoms with E-state index in [1.54, 1.807) is 36.4 Å². The molecule has 1 saturated carbocycles. The number of rotatable bonds is 10. The fraction of sp³-hybridized carbons (Fsp3) is 0.312. The third-order valence-corrected chi connectivity index (χ3v) is 8.16. The molecule has 11 nitrogen and oxygen atoms in total. The van der Waals surface area contributed by atoms with Crippen molar-refractivity contribution in [2.45, 2.75) is 45.1 Å². The first-order valence-corrected chi connectivity index (χ1v) is 14.5. The summed E-state index contributed by atoms with van der Waals surface area (Å²) in [6, 6.07) is 19.6. The number of halogens is 1. The first kappa shape index (κ1) is 32.3. The Kier molecular flexibility index (Phi) is 10.8. The number of benzene rings is 3. The lowest BCUT2D eigenvalue weighted by molar-refractivity contribution is -0.130. The molecule has 7 N–H and O–H groups in total. The number of hydrogen-bond acceptors (Lipinski definition) is 7. The standard InChI is InChI=1S/C32H36N8O3.ClH/c1-19-16-25(29(34)41)12-15-27(19)22-6-2-20(3-7-22)17-28(36-31(42)24-8-4-21(18-33)5-9-24)32(43)35-26-13-10-23(11-14-26)30-37-39-40-38-30;/h2-3,6-7,10-16,21,24,28H,4-5,8-9,17-18,33H2,1H3,(H2,34,41)(H,35,43)(H,36,42)(H,37,38,39,40);1H/t21?,24?,28-;/m0./s1. The molecule has 5 rings (SSSR count). The van der Waals surface area contributed by atoms with Gasteiger partial charge in [0.1, 0.15) is 6.04 Å². The SMILES string of the molecule is Cc1cc(C(N)=O)ccc1-c1ccc(C[C@H](NC(=O)C2CCC(CN)CC2)C(=O)Nc2ccc(-c3nn[nH]n3)cc2)cc1.Cl. The summed E-state index contributed by atoms with van der Waals surface area (Å²) in [7, 11) is 0. The molecule has 1 heterocycles. The van der Waals surface area contributed by atoms with Crippen molar-refractivity contribution in [3.63, 3.8) is 0 Å². The van der Waals surface area contributed by atoms with E-state index < -0.39 is 11.9 Å². The van der Waals surface area contributed by atoms with Gasteiger partial charge in [0.25, 0.3) is 0 Å². The Morgan fingerprint density at radius 3 is 2.23 bits per heavy atom. The maximum atomic E-state index is 13.5. The molecule has 1 aromatic heterocycles. The lowest BCUT2D eigenvalue weighted by Crippen LogP contribution is -2.48. The number of aromatic amines is 1. The molecule has 3 aromatic carbocycles. The van der Waals surface area contributed by atoms with Gasteiger partial charge in [-0.3, -0.25) is 14.4 Å². The number of primary amides is 1. The molecule has 0 spiro atoms. The molecule has 1 atom stereocenters. The molecule has 44 heavy (non-hydrogen) atoms. The monoisotopic (exact) mass is 616 g/mol. The molecule has 3 amide bonds. The number of carbonyl (C=O) groups is 3. The number of tetrazole rings is 1. The van der Waals surface area contributed by atoms with Crippen LogP contribution in [0.25, 0.3) is 22.5 Å². The summed E-state index contributed by atoms with van der Waals surface area (Å²) < 4.78 is 0. The normalized spacial score (nSPS) is 16.8. The summed E-state index contributed by atoms with van der Waals surface area (Å²) in [6.45, 7) is 2.57. The highest BCUT2D eigenvalue weighted by Crippen LogP contribution is 2.29. The minimum Gasteiger partial charge on any atom is -0.366 e. The Labute approximate surface area is 262 Å². The van der Waals surface area contributed by atoms with Crippen molar-refractivity contribution in [2.75, 3.05) is 11.9 Å². The molecule has 0 aliphatic heterocycles. The summed E-state index contributed by atoms with van der Waals surface area (Å²) in [5, 5.41) is 19.9. The van der Waals surface area contributed by atoms with Crippen molar-refractivity contribution in [1.82, 2.24) is 25.9 Å². The highest BCUT2D eigenvalue weighted by Gasteiger charge is 2.29. The Bertz CT molecular complexity index is 1570. The maximum Gasteiger partial charge on any atom is 0.248 e. The van der Waals surface area contributed by atoms with Crippen LogP contribution in [-0.4, -0.2) is 50.9 Å². The van der Waals surface area contributed by atoms with Gasteiger partial charge < -0.3 is 22.1 Å². The third-order valence-electron chi connectivity index (χ3n) is 8.16. The number of aryl methyl sites for hydroxylation is 1. The number of amides is 3. The van der Waals surface area contributed by atoms with Crippen molar-refractivity contribution in [1.29, 1.82) is 0 Å². The zero-order chi connectivity index (χ0) is 30.3. The fourth-order valence-corrected chi connectivity index (χ4v) is 5.57. The lowest BCUT2D eigenvalue weighted by atomic mass is 9.81. The van der Waals surface area contributed by atoms with Crippen LogP contribution in [0.3, 0.4) is 0 Å². The quantitative estimate of drug-likeness (QED) is 0.179. The second-order valence-electron chi connectivity index (χ2n) is 11.1. The van der Waals surface area contributed by atoms with Crippen LogP contribution in [0.1, 0.15) is 47.2 Å². The van der Waals surface area contributed by atoms with Crippen LogP contribution in [0, 0.1) is 18.8 Å². The van der Waals surface area contributed by atoms with Crippen molar-refractivity contribution >= 4 is 35.8 Å². The molecule has 0 radical (unpaired) electrons. The van der Waals surface area contributed by atoms with Gasteiger partial charge in [0.05, 0.1) is 0 Å². The molecule has 1 fully saturated rings. The second kappa shape index (κ2) is 14.7. The van der Waals surface area contributed by atoms with E-state index in [2.05, 4.69) is 31.3 Å². The molecule has 0 bridgehead atoms. The van der Waals surface area contributed by atoms with E-state index in [1.165, 1.54) is 0 Å². The van der Waals surface area contributed by atoms with Crippen LogP contribution in [0.5, 0.6) is 0 Å². The van der Waals surface area contributed by atoms with Gasteiger partial charge in [-0.25, -0.2) is 0 Å². The molecular weight excluding hydrogens is 580 g/mol. The maximum absolute atomic E-state index is 13.5. The van der Waals surface area contributed by atoms with Gasteiger partial charge in [-0.1, -0.05) is 30.3 Å². The van der Waals surface area contributed by atoms with Gasteiger partial charge in [-0.05, 0) is 109 Å². The number of H-pyrrole nitrogens is 1. The Morgan fingerprint density at radius 1 is 0.955 bits per heavy atom. The van der Waals surface area contributed by atoms with Crippen LogP contribution in [0.2, 0.25) is 0 Å². The Morgan fingerprint density at radius 2 is 1.64 bits per heavy atom. The van der Waals surface area contributed by atoms with E-state index in [9.17, 15) is 14.4 Å². The van der Waals surface area contributed by atoms with E-state index in [-0.39, 0.29) is 30.1 Å². The smallest absolute Gasteiger partial charge is 0.248 e. The summed E-state index contributed by atoms with van der Waals surface area (Å²) in [4.78, 5) is 38.4. The van der Waals surface area contributed by atoms with Gasteiger partial charge in [0.2, 0.25) is 23.5 Å². The topological polar surface area (TPSA) is 182 Å². The van der Waals surface area contributed by atoms with Crippen molar-refractivity contribution in [3.05, 3.63) is 83.4 Å². The molecule has 0 unspecified atom stereocenters. The highest BCUT2D eigenvalue weighted by atomic mass is 35.5. The first-order valence-electron chi connectivity index (χ1n) is 14.5. The number of nitrogens with one attached hydrogen (secondary N) is 3. The van der Waals surface area contributed by atoms with Gasteiger partial charge >= 0.3 is 0 Å². The Balaban J connectivity index is 0.00000442. The minimum atomic E-state index is -0.779. The van der Waals surface area contributed by atoms with Gasteiger partial charge in [-0.15, -0.1) is 22.6 Å². The van der Waals surface area contributed by atoms with Gasteiger partial charge in [0.15, 0.2) is 0 Å². The Hall–Kier alpha value is -4.61. The zero-order valence-electron chi connectivity index (χ0n) is 24.5. The van der Waals surface area contributed by atoms with E-state index in [0.717, 1.165) is 53.5 Å².